The number of nitrogens with one attached hydrogen (secondary N) is 1. The quantitative estimate of drug-likeness (QED) is 0.822. The lowest BCUT2D eigenvalue weighted by Crippen LogP contribution is -2.48. The van der Waals surface area contributed by atoms with Crippen molar-refractivity contribution >= 4 is 14.1 Å². The number of Topliss-reactive ketones (excluding diaryl/α,β-unsaturated/α-hetero) is 1. The van der Waals surface area contributed by atoms with Crippen molar-refractivity contribution < 1.29 is 14.0 Å². The van der Waals surface area contributed by atoms with Gasteiger partial charge in [0.15, 0.2) is 26.4 Å². The van der Waals surface area contributed by atoms with E-state index in [0.717, 1.165) is 0 Å². The molecule has 0 spiro atoms. The lowest BCUT2D eigenvalue weighted by molar-refractivity contribution is -0.126. The third-order valence-electron chi connectivity index (χ3n) is 5.18. The van der Waals surface area contributed by atoms with E-state index >= 15 is 0 Å². The molecule has 8 heteroatoms. The van der Waals surface area contributed by atoms with Crippen LogP contribution in [0.5, 0.6) is 0 Å². The molecule has 1 aromatic rings. The van der Waals surface area contributed by atoms with Gasteiger partial charge in [-0.3, -0.25) is 19.1 Å². The summed E-state index contributed by atoms with van der Waals surface area (Å²) in [7, 11) is -2.26. The SMILES string of the molecule is CC[C@H]1O[C@@H](n2cc(C)c(=O)[nH]c2=O)[C@@H](O[Si](C)(C)C(C)(C)C)C1=O. The number of H-pyrrole nitrogens is 1. The maximum Gasteiger partial charge on any atom is 0.330 e. The second-order valence-corrected chi connectivity index (χ2v) is 12.9. The third kappa shape index (κ3) is 3.70. The Kier molecular flexibility index (Phi) is 5.28. The lowest BCUT2D eigenvalue weighted by Gasteiger charge is -2.38. The van der Waals surface area contributed by atoms with Gasteiger partial charge in [0.2, 0.25) is 0 Å². The maximum atomic E-state index is 12.8. The molecule has 0 radical (unpaired) electrons. The highest BCUT2D eigenvalue weighted by atomic mass is 28.4. The highest BCUT2D eigenvalue weighted by Crippen LogP contribution is 2.40. The van der Waals surface area contributed by atoms with Crippen LogP contribution in [0.2, 0.25) is 18.1 Å². The summed E-state index contributed by atoms with van der Waals surface area (Å²) in [4.78, 5) is 38.9. The molecule has 0 aromatic carbocycles. The van der Waals surface area contributed by atoms with Crippen LogP contribution in [0.25, 0.3) is 0 Å². The van der Waals surface area contributed by atoms with E-state index in [1.165, 1.54) is 10.8 Å². The fourth-order valence-electron chi connectivity index (χ4n) is 2.52. The van der Waals surface area contributed by atoms with Crippen molar-refractivity contribution in [2.24, 2.45) is 0 Å². The Morgan fingerprint density at radius 3 is 2.40 bits per heavy atom. The fraction of sp³-hybridized carbons (Fsp3) is 0.706. The minimum atomic E-state index is -2.26. The first-order valence-electron chi connectivity index (χ1n) is 8.58. The number of aryl methyl sites for hydroxylation is 1. The molecule has 0 bridgehead atoms. The Morgan fingerprint density at radius 2 is 1.88 bits per heavy atom. The van der Waals surface area contributed by atoms with Gasteiger partial charge in [0.25, 0.3) is 5.56 Å². The molecule has 1 N–H and O–H groups in total. The van der Waals surface area contributed by atoms with E-state index in [2.05, 4.69) is 38.8 Å². The molecule has 0 aliphatic carbocycles. The van der Waals surface area contributed by atoms with Crippen LogP contribution in [0.1, 0.15) is 45.9 Å². The van der Waals surface area contributed by atoms with Gasteiger partial charge in [-0.15, -0.1) is 0 Å². The monoisotopic (exact) mass is 368 g/mol. The minimum Gasteiger partial charge on any atom is -0.403 e. The van der Waals surface area contributed by atoms with Crippen LogP contribution in [0.3, 0.4) is 0 Å². The van der Waals surface area contributed by atoms with Crippen LogP contribution < -0.4 is 11.2 Å². The minimum absolute atomic E-state index is 0.0893. The number of carbonyl (C=O) groups is 1. The molecule has 1 fully saturated rings. The van der Waals surface area contributed by atoms with E-state index in [1.807, 2.05) is 6.92 Å². The standard InChI is InChI=1S/C17H28N2O5Si/c1-8-11-12(20)13(24-25(6,7)17(3,4)5)15(23-11)19-9-10(2)14(21)18-16(19)22/h9,11,13,15H,8H2,1-7H3,(H,18,21,22)/t11-,13+,15-/m1/s1. The summed E-state index contributed by atoms with van der Waals surface area (Å²) in [6, 6.07) is 0. The van der Waals surface area contributed by atoms with Crippen molar-refractivity contribution in [3.05, 3.63) is 32.6 Å². The largest absolute Gasteiger partial charge is 0.403 e. The van der Waals surface area contributed by atoms with Gasteiger partial charge in [-0.1, -0.05) is 27.7 Å². The summed E-state index contributed by atoms with van der Waals surface area (Å²) in [6.07, 6.45) is -0.398. The van der Waals surface area contributed by atoms with E-state index in [4.69, 9.17) is 9.16 Å². The van der Waals surface area contributed by atoms with Crippen LogP contribution in [-0.4, -0.2) is 35.9 Å². The molecule has 0 saturated carbocycles. The molecule has 1 aromatic heterocycles. The normalized spacial score (nSPS) is 24.8. The molecule has 1 aliphatic rings. The average molecular weight is 369 g/mol. The van der Waals surface area contributed by atoms with Crippen molar-refractivity contribution in [3.63, 3.8) is 0 Å². The second-order valence-electron chi connectivity index (χ2n) is 8.10. The Balaban J connectivity index is 2.48. The second kappa shape index (κ2) is 6.66. The van der Waals surface area contributed by atoms with E-state index < -0.39 is 38.0 Å². The molecule has 25 heavy (non-hydrogen) atoms. The molecule has 1 saturated heterocycles. The van der Waals surface area contributed by atoms with Crippen molar-refractivity contribution in [1.29, 1.82) is 0 Å². The van der Waals surface area contributed by atoms with Gasteiger partial charge in [0.05, 0.1) is 0 Å². The third-order valence-corrected chi connectivity index (χ3v) is 9.63. The van der Waals surface area contributed by atoms with Crippen LogP contribution in [0.4, 0.5) is 0 Å². The van der Waals surface area contributed by atoms with Gasteiger partial charge in [0.1, 0.15) is 6.10 Å². The van der Waals surface area contributed by atoms with Crippen LogP contribution >= 0.6 is 0 Å². The number of hydrogen-bond acceptors (Lipinski definition) is 5. The molecular weight excluding hydrogens is 340 g/mol. The van der Waals surface area contributed by atoms with Crippen LogP contribution in [0.15, 0.2) is 15.8 Å². The zero-order valence-corrected chi connectivity index (χ0v) is 17.0. The molecule has 2 heterocycles. The number of aromatic nitrogens is 2. The Hall–Kier alpha value is -1.51. The van der Waals surface area contributed by atoms with Crippen LogP contribution in [0, 0.1) is 6.92 Å². The first-order valence-corrected chi connectivity index (χ1v) is 11.5. The summed E-state index contributed by atoms with van der Waals surface area (Å²) >= 11 is 0. The predicted octanol–water partition coefficient (Wildman–Crippen LogP) is 2.11. The van der Waals surface area contributed by atoms with Gasteiger partial charge in [-0.25, -0.2) is 4.79 Å². The molecule has 140 valence electrons. The maximum absolute atomic E-state index is 12.8. The number of hydrogen-bond donors (Lipinski definition) is 1. The molecule has 7 nitrogen and oxygen atoms in total. The van der Waals surface area contributed by atoms with E-state index in [9.17, 15) is 14.4 Å². The number of carbonyl (C=O) groups excluding carboxylic acids is 1. The smallest absolute Gasteiger partial charge is 0.330 e. The first kappa shape index (κ1) is 19.8. The average Bonchev–Trinajstić information content (AvgIpc) is 2.78. The van der Waals surface area contributed by atoms with Crippen molar-refractivity contribution in [2.45, 2.75) is 77.6 Å². The van der Waals surface area contributed by atoms with Crippen molar-refractivity contribution in [2.75, 3.05) is 0 Å². The van der Waals surface area contributed by atoms with Crippen molar-refractivity contribution in [3.8, 4) is 0 Å². The molecule has 0 unspecified atom stereocenters. The topological polar surface area (TPSA) is 90.4 Å². The summed E-state index contributed by atoms with van der Waals surface area (Å²) in [5, 5.41) is -0.0893. The summed E-state index contributed by atoms with van der Waals surface area (Å²) in [6.45, 7) is 13.8. The molecule has 3 atom stereocenters. The number of ketones is 1. The van der Waals surface area contributed by atoms with Crippen LogP contribution in [-0.2, 0) is 14.0 Å². The predicted molar refractivity (Wildman–Crippen MR) is 97.3 cm³/mol. The summed E-state index contributed by atoms with van der Waals surface area (Å²) in [5.41, 5.74) is -0.671. The highest BCUT2D eigenvalue weighted by Gasteiger charge is 2.50. The zero-order chi connectivity index (χ0) is 19.2. The number of aromatic amines is 1. The van der Waals surface area contributed by atoms with E-state index in [0.29, 0.717) is 12.0 Å². The summed E-state index contributed by atoms with van der Waals surface area (Å²) < 4.78 is 13.4. The molecule has 0 amide bonds. The molecule has 1 aliphatic heterocycles. The van der Waals surface area contributed by atoms with Gasteiger partial charge in [0, 0.05) is 11.8 Å². The van der Waals surface area contributed by atoms with Gasteiger partial charge in [-0.2, -0.15) is 0 Å². The van der Waals surface area contributed by atoms with E-state index in [1.54, 1.807) is 6.92 Å². The highest BCUT2D eigenvalue weighted by molar-refractivity contribution is 6.74. The first-order chi connectivity index (χ1) is 11.4. The summed E-state index contributed by atoms with van der Waals surface area (Å²) in [5.74, 6) is -0.145. The van der Waals surface area contributed by atoms with E-state index in [-0.39, 0.29) is 10.8 Å². The zero-order valence-electron chi connectivity index (χ0n) is 16.0. The number of nitrogens with zero attached hydrogens (tertiary/aromatic N) is 1. The van der Waals surface area contributed by atoms with Gasteiger partial charge >= 0.3 is 5.69 Å². The molecule has 2 rings (SSSR count). The molecular formula is C17H28N2O5Si. The number of ether oxygens (including phenoxy) is 1. The lowest BCUT2D eigenvalue weighted by atomic mass is 10.1. The van der Waals surface area contributed by atoms with Gasteiger partial charge < -0.3 is 9.16 Å². The van der Waals surface area contributed by atoms with Gasteiger partial charge in [-0.05, 0) is 31.5 Å². The fourth-order valence-corrected chi connectivity index (χ4v) is 3.75. The Bertz CT molecular complexity index is 774. The Labute approximate surface area is 148 Å². The number of rotatable bonds is 4. The Morgan fingerprint density at radius 1 is 1.28 bits per heavy atom. The van der Waals surface area contributed by atoms with Crippen molar-refractivity contribution in [1.82, 2.24) is 9.55 Å².